The van der Waals surface area contributed by atoms with Crippen molar-refractivity contribution in [1.29, 1.82) is 5.26 Å². The molecule has 2 aromatic carbocycles. The summed E-state index contributed by atoms with van der Waals surface area (Å²) in [5.74, 6) is -1.25. The molecule has 0 saturated heterocycles. The number of nitriles is 1. The van der Waals surface area contributed by atoms with Crippen LogP contribution in [0.4, 0.5) is 19.3 Å². The highest BCUT2D eigenvalue weighted by atomic mass is 19.1. The van der Waals surface area contributed by atoms with Crippen LogP contribution in [0.15, 0.2) is 30.3 Å². The van der Waals surface area contributed by atoms with Crippen molar-refractivity contribution >= 4 is 11.7 Å². The van der Waals surface area contributed by atoms with E-state index in [-0.39, 0.29) is 22.7 Å². The second-order valence-electron chi connectivity index (χ2n) is 6.85. The predicted octanol–water partition coefficient (Wildman–Crippen LogP) is 4.92. The molecule has 0 bridgehead atoms. The molecular weight excluding hydrogens is 352 g/mol. The highest BCUT2D eigenvalue weighted by Gasteiger charge is 2.44. The number of nitrogens with zero attached hydrogens (tertiary/aromatic N) is 1. The first-order chi connectivity index (χ1) is 13.0. The number of nitrogens with one attached hydrogen (secondary N) is 2. The normalized spacial score (nSPS) is 17.4. The van der Waals surface area contributed by atoms with E-state index < -0.39 is 23.2 Å². The fourth-order valence-corrected chi connectivity index (χ4v) is 4.01. The molecule has 27 heavy (non-hydrogen) atoms. The molecule has 0 aromatic heterocycles. The van der Waals surface area contributed by atoms with E-state index in [4.69, 9.17) is 4.74 Å². The summed E-state index contributed by atoms with van der Waals surface area (Å²) in [7, 11) is 0. The van der Waals surface area contributed by atoms with Gasteiger partial charge in [-0.2, -0.15) is 5.26 Å². The molecule has 1 spiro atoms. The SMILES string of the molecule is N#Cc1cccc(F)c1Oc1ccc(F)c2c1C1(CCCCC1)NC(=O)N2. The minimum Gasteiger partial charge on any atom is -0.452 e. The molecule has 138 valence electrons. The molecular formula is C20H17F2N3O2. The minimum atomic E-state index is -0.772. The zero-order valence-corrected chi connectivity index (χ0v) is 14.4. The minimum absolute atomic E-state index is 0.0403. The van der Waals surface area contributed by atoms with Crippen molar-refractivity contribution < 1.29 is 18.3 Å². The number of para-hydroxylation sites is 1. The first-order valence-electron chi connectivity index (χ1n) is 8.83. The number of anilines is 1. The highest BCUT2D eigenvalue weighted by Crippen LogP contribution is 2.49. The Kier molecular flexibility index (Phi) is 4.19. The van der Waals surface area contributed by atoms with Crippen molar-refractivity contribution in [2.45, 2.75) is 37.6 Å². The Balaban J connectivity index is 1.88. The number of ether oxygens (including phenoxy) is 1. The Morgan fingerprint density at radius 1 is 1.07 bits per heavy atom. The van der Waals surface area contributed by atoms with Crippen LogP contribution in [0.5, 0.6) is 11.5 Å². The van der Waals surface area contributed by atoms with E-state index in [1.807, 2.05) is 6.07 Å². The number of benzene rings is 2. The maximum Gasteiger partial charge on any atom is 0.320 e. The molecule has 1 fully saturated rings. The van der Waals surface area contributed by atoms with Crippen LogP contribution in [-0.4, -0.2) is 6.03 Å². The lowest BCUT2D eigenvalue weighted by molar-refractivity contribution is 0.205. The maximum atomic E-state index is 14.5. The van der Waals surface area contributed by atoms with Crippen LogP contribution in [-0.2, 0) is 5.54 Å². The van der Waals surface area contributed by atoms with Gasteiger partial charge in [0.2, 0.25) is 0 Å². The van der Waals surface area contributed by atoms with Crippen molar-refractivity contribution in [3.63, 3.8) is 0 Å². The van der Waals surface area contributed by atoms with E-state index in [9.17, 15) is 18.8 Å². The van der Waals surface area contributed by atoms with Gasteiger partial charge in [-0.15, -0.1) is 0 Å². The van der Waals surface area contributed by atoms with E-state index in [0.717, 1.165) is 19.3 Å². The average Bonchev–Trinajstić information content (AvgIpc) is 2.66. The summed E-state index contributed by atoms with van der Waals surface area (Å²) < 4.78 is 34.6. The standard InChI is InChI=1S/C20H17F2N3O2/c21-13-7-8-15(27-18-12(11-23)5-4-6-14(18)22)16-17(13)24-19(26)25-20(16)9-2-1-3-10-20/h4-8H,1-3,9-10H2,(H2,24,25,26). The highest BCUT2D eigenvalue weighted by molar-refractivity contribution is 5.94. The third kappa shape index (κ3) is 2.87. The fourth-order valence-electron chi connectivity index (χ4n) is 4.01. The second-order valence-corrected chi connectivity index (χ2v) is 6.85. The zero-order chi connectivity index (χ0) is 19.0. The van der Waals surface area contributed by atoms with Crippen LogP contribution in [0.25, 0.3) is 0 Å². The maximum absolute atomic E-state index is 14.5. The number of urea groups is 1. The molecule has 1 heterocycles. The van der Waals surface area contributed by atoms with Crippen molar-refractivity contribution in [3.8, 4) is 17.6 Å². The molecule has 2 aromatic rings. The number of hydrogen-bond acceptors (Lipinski definition) is 3. The molecule has 5 nitrogen and oxygen atoms in total. The van der Waals surface area contributed by atoms with E-state index >= 15 is 0 Å². The van der Waals surface area contributed by atoms with Gasteiger partial charge >= 0.3 is 6.03 Å². The van der Waals surface area contributed by atoms with Gasteiger partial charge in [-0.3, -0.25) is 0 Å². The summed E-state index contributed by atoms with van der Waals surface area (Å²) in [6, 6.07) is 8.09. The van der Waals surface area contributed by atoms with Gasteiger partial charge in [0.1, 0.15) is 17.6 Å². The summed E-state index contributed by atoms with van der Waals surface area (Å²) in [6.45, 7) is 0. The van der Waals surface area contributed by atoms with Gasteiger partial charge in [-0.25, -0.2) is 13.6 Å². The molecule has 0 atom stereocenters. The zero-order valence-electron chi connectivity index (χ0n) is 14.4. The van der Waals surface area contributed by atoms with Crippen LogP contribution < -0.4 is 15.4 Å². The molecule has 2 amide bonds. The number of carbonyl (C=O) groups excluding carboxylic acids is 1. The van der Waals surface area contributed by atoms with Crippen molar-refractivity contribution in [3.05, 3.63) is 53.1 Å². The van der Waals surface area contributed by atoms with E-state index in [1.54, 1.807) is 0 Å². The Hall–Kier alpha value is -3.14. The lowest BCUT2D eigenvalue weighted by Crippen LogP contribution is -2.53. The van der Waals surface area contributed by atoms with Crippen molar-refractivity contribution in [1.82, 2.24) is 5.32 Å². The van der Waals surface area contributed by atoms with Gasteiger partial charge in [-0.05, 0) is 37.1 Å². The second kappa shape index (κ2) is 6.54. The lowest BCUT2D eigenvalue weighted by Gasteiger charge is -2.43. The topological polar surface area (TPSA) is 74.1 Å². The van der Waals surface area contributed by atoms with Crippen LogP contribution in [0.2, 0.25) is 0 Å². The Bertz CT molecular complexity index is 962. The Morgan fingerprint density at radius 2 is 1.85 bits per heavy atom. The van der Waals surface area contributed by atoms with Gasteiger partial charge in [-0.1, -0.05) is 25.3 Å². The molecule has 1 aliphatic carbocycles. The molecule has 0 unspecified atom stereocenters. The fraction of sp³-hybridized carbons (Fsp3) is 0.300. The van der Waals surface area contributed by atoms with Gasteiger partial charge in [0.15, 0.2) is 11.6 Å². The molecule has 4 rings (SSSR count). The van der Waals surface area contributed by atoms with Gasteiger partial charge in [0.25, 0.3) is 0 Å². The summed E-state index contributed by atoms with van der Waals surface area (Å²) in [4.78, 5) is 12.1. The Labute approximate surface area is 154 Å². The molecule has 0 radical (unpaired) electrons. The molecule has 2 aliphatic rings. The third-order valence-electron chi connectivity index (χ3n) is 5.19. The van der Waals surface area contributed by atoms with Gasteiger partial charge < -0.3 is 15.4 Å². The summed E-state index contributed by atoms with van der Waals surface area (Å²) in [6.07, 6.45) is 4.04. The first-order valence-corrected chi connectivity index (χ1v) is 8.83. The third-order valence-corrected chi connectivity index (χ3v) is 5.19. The number of amides is 2. The quantitative estimate of drug-likeness (QED) is 0.789. The number of rotatable bonds is 2. The molecule has 7 heteroatoms. The van der Waals surface area contributed by atoms with E-state index in [2.05, 4.69) is 10.6 Å². The number of fused-ring (bicyclic) bond motifs is 2. The Morgan fingerprint density at radius 3 is 2.59 bits per heavy atom. The predicted molar refractivity (Wildman–Crippen MR) is 94.5 cm³/mol. The molecule has 1 aliphatic heterocycles. The molecule has 2 N–H and O–H groups in total. The van der Waals surface area contributed by atoms with Crippen LogP contribution in [0.3, 0.4) is 0 Å². The monoisotopic (exact) mass is 369 g/mol. The summed E-state index contributed by atoms with van der Waals surface area (Å²) in [5.41, 5.74) is -0.216. The largest absolute Gasteiger partial charge is 0.452 e. The number of carbonyl (C=O) groups is 1. The van der Waals surface area contributed by atoms with Crippen LogP contribution in [0, 0.1) is 23.0 Å². The number of halogens is 2. The lowest BCUT2D eigenvalue weighted by atomic mass is 9.74. The van der Waals surface area contributed by atoms with Crippen molar-refractivity contribution in [2.24, 2.45) is 0 Å². The smallest absolute Gasteiger partial charge is 0.320 e. The molecule has 1 saturated carbocycles. The number of hydrogen-bond donors (Lipinski definition) is 2. The van der Waals surface area contributed by atoms with Gasteiger partial charge in [0.05, 0.1) is 16.8 Å². The van der Waals surface area contributed by atoms with Gasteiger partial charge in [0, 0.05) is 5.56 Å². The summed E-state index contributed by atoms with van der Waals surface area (Å²) >= 11 is 0. The summed E-state index contributed by atoms with van der Waals surface area (Å²) in [5, 5.41) is 14.7. The first kappa shape index (κ1) is 17.3. The van der Waals surface area contributed by atoms with Crippen LogP contribution in [0.1, 0.15) is 43.2 Å². The van der Waals surface area contributed by atoms with Crippen LogP contribution >= 0.6 is 0 Å². The van der Waals surface area contributed by atoms with E-state index in [0.29, 0.717) is 18.4 Å². The van der Waals surface area contributed by atoms with E-state index in [1.165, 1.54) is 30.3 Å². The van der Waals surface area contributed by atoms with Crippen molar-refractivity contribution in [2.75, 3.05) is 5.32 Å². The average molecular weight is 369 g/mol.